The number of carbonyl (C=O) groups is 1. The van der Waals surface area contributed by atoms with E-state index < -0.39 is 0 Å². The van der Waals surface area contributed by atoms with Crippen LogP contribution in [0.15, 0.2) is 24.3 Å². The third kappa shape index (κ3) is 2.91. The highest BCUT2D eigenvalue weighted by atomic mass is 16.5. The summed E-state index contributed by atoms with van der Waals surface area (Å²) in [5.41, 5.74) is 0.676. The molecule has 1 aromatic rings. The molecule has 1 aliphatic rings. The van der Waals surface area contributed by atoms with Crippen molar-refractivity contribution >= 4 is 5.78 Å². The van der Waals surface area contributed by atoms with Crippen LogP contribution in [0.3, 0.4) is 0 Å². The summed E-state index contributed by atoms with van der Waals surface area (Å²) in [5, 5.41) is 0. The van der Waals surface area contributed by atoms with E-state index in [4.69, 9.17) is 4.74 Å². The molecule has 0 saturated heterocycles. The van der Waals surface area contributed by atoms with Gasteiger partial charge in [0.25, 0.3) is 0 Å². The molecule has 0 aliphatic heterocycles. The van der Waals surface area contributed by atoms with Gasteiger partial charge in [0, 0.05) is 6.04 Å². The van der Waals surface area contributed by atoms with Crippen molar-refractivity contribution in [1.82, 2.24) is 4.90 Å². The maximum Gasteiger partial charge on any atom is 0.180 e. The van der Waals surface area contributed by atoms with Crippen LogP contribution in [0.2, 0.25) is 0 Å². The monoisotopic (exact) mass is 247 g/mol. The molecule has 0 aromatic heterocycles. The Hall–Kier alpha value is -1.35. The average molecular weight is 247 g/mol. The minimum Gasteiger partial charge on any atom is -0.496 e. The van der Waals surface area contributed by atoms with Crippen LogP contribution in [0.4, 0.5) is 0 Å². The normalized spacial score (nSPS) is 16.7. The van der Waals surface area contributed by atoms with E-state index in [1.54, 1.807) is 7.11 Å². The second-order valence-electron chi connectivity index (χ2n) is 5.12. The van der Waals surface area contributed by atoms with E-state index in [1.165, 1.54) is 12.8 Å². The molecule has 0 radical (unpaired) electrons. The Morgan fingerprint density at radius 2 is 2.11 bits per heavy atom. The van der Waals surface area contributed by atoms with Crippen LogP contribution in [-0.2, 0) is 0 Å². The number of rotatable bonds is 6. The fourth-order valence-corrected chi connectivity index (χ4v) is 2.27. The Bertz CT molecular complexity index is 426. The fourth-order valence-electron chi connectivity index (χ4n) is 2.27. The summed E-state index contributed by atoms with van der Waals surface area (Å²) < 4.78 is 5.23. The Balaban J connectivity index is 2.02. The molecule has 1 aliphatic carbocycles. The smallest absolute Gasteiger partial charge is 0.180 e. The molecular formula is C15H21NO2. The van der Waals surface area contributed by atoms with Gasteiger partial charge in [-0.05, 0) is 44.9 Å². The van der Waals surface area contributed by atoms with Crippen molar-refractivity contribution in [3.8, 4) is 5.75 Å². The van der Waals surface area contributed by atoms with Gasteiger partial charge in [0.2, 0.25) is 0 Å². The lowest BCUT2D eigenvalue weighted by atomic mass is 10.1. The Morgan fingerprint density at radius 3 is 2.72 bits per heavy atom. The van der Waals surface area contributed by atoms with Crippen LogP contribution in [0, 0.1) is 5.92 Å². The van der Waals surface area contributed by atoms with Crippen molar-refractivity contribution in [3.63, 3.8) is 0 Å². The number of hydrogen-bond acceptors (Lipinski definition) is 3. The number of carbonyl (C=O) groups excluding carboxylic acids is 1. The quantitative estimate of drug-likeness (QED) is 0.724. The van der Waals surface area contributed by atoms with E-state index in [-0.39, 0.29) is 5.78 Å². The van der Waals surface area contributed by atoms with E-state index in [0.29, 0.717) is 23.9 Å². The molecule has 3 nitrogen and oxygen atoms in total. The molecule has 1 aromatic carbocycles. The summed E-state index contributed by atoms with van der Waals surface area (Å²) in [5.74, 6) is 1.57. The number of ketones is 1. The predicted molar refractivity (Wildman–Crippen MR) is 72.1 cm³/mol. The number of methoxy groups -OCH3 is 1. The number of likely N-dealkylation sites (N-methyl/N-ethyl adjacent to an activating group) is 1. The topological polar surface area (TPSA) is 29.5 Å². The molecule has 1 fully saturated rings. The van der Waals surface area contributed by atoms with E-state index in [1.807, 2.05) is 31.3 Å². The lowest BCUT2D eigenvalue weighted by molar-refractivity contribution is 0.0914. The van der Waals surface area contributed by atoms with E-state index in [0.717, 1.165) is 5.92 Å². The molecule has 1 atom stereocenters. The SMILES string of the molecule is COc1ccccc1C(=O)CN(C)C(C)C1CC1. The van der Waals surface area contributed by atoms with E-state index >= 15 is 0 Å². The van der Waals surface area contributed by atoms with E-state index in [2.05, 4.69) is 11.8 Å². The molecular weight excluding hydrogens is 226 g/mol. The third-order valence-electron chi connectivity index (χ3n) is 3.80. The number of hydrogen-bond donors (Lipinski definition) is 0. The third-order valence-corrected chi connectivity index (χ3v) is 3.80. The Labute approximate surface area is 109 Å². The molecule has 1 unspecified atom stereocenters. The number of nitrogens with zero attached hydrogens (tertiary/aromatic N) is 1. The first-order valence-corrected chi connectivity index (χ1v) is 6.50. The van der Waals surface area contributed by atoms with Gasteiger partial charge in [0.15, 0.2) is 5.78 Å². The van der Waals surface area contributed by atoms with Gasteiger partial charge in [-0.2, -0.15) is 0 Å². The summed E-state index contributed by atoms with van der Waals surface area (Å²) >= 11 is 0. The molecule has 2 rings (SSSR count). The zero-order chi connectivity index (χ0) is 13.1. The maximum absolute atomic E-state index is 12.3. The zero-order valence-electron chi connectivity index (χ0n) is 11.3. The summed E-state index contributed by atoms with van der Waals surface area (Å²) in [6.45, 7) is 2.66. The molecule has 1 saturated carbocycles. The summed E-state index contributed by atoms with van der Waals surface area (Å²) in [7, 11) is 3.62. The minimum absolute atomic E-state index is 0.127. The highest BCUT2D eigenvalue weighted by molar-refractivity contribution is 6.00. The van der Waals surface area contributed by atoms with Crippen LogP contribution >= 0.6 is 0 Å². The average Bonchev–Trinajstić information content (AvgIpc) is 3.21. The standard InChI is InChI=1S/C15H21NO2/c1-11(12-8-9-12)16(2)10-14(17)13-6-4-5-7-15(13)18-3/h4-7,11-12H,8-10H2,1-3H3. The largest absolute Gasteiger partial charge is 0.496 e. The van der Waals surface area contributed by atoms with Crippen molar-refractivity contribution in [3.05, 3.63) is 29.8 Å². The number of para-hydroxylation sites is 1. The summed E-state index contributed by atoms with van der Waals surface area (Å²) in [4.78, 5) is 14.4. The lowest BCUT2D eigenvalue weighted by Crippen LogP contribution is -2.35. The van der Waals surface area contributed by atoms with Gasteiger partial charge in [0.1, 0.15) is 5.75 Å². The van der Waals surface area contributed by atoms with Gasteiger partial charge in [0.05, 0.1) is 19.2 Å². The molecule has 0 heterocycles. The molecule has 0 bridgehead atoms. The first-order chi connectivity index (χ1) is 8.63. The van der Waals surface area contributed by atoms with Gasteiger partial charge in [-0.3, -0.25) is 9.69 Å². The van der Waals surface area contributed by atoms with Gasteiger partial charge in [-0.25, -0.2) is 0 Å². The second-order valence-corrected chi connectivity index (χ2v) is 5.12. The van der Waals surface area contributed by atoms with Gasteiger partial charge < -0.3 is 4.74 Å². The molecule has 3 heteroatoms. The zero-order valence-corrected chi connectivity index (χ0v) is 11.3. The summed E-state index contributed by atoms with van der Waals surface area (Å²) in [6, 6.07) is 7.91. The van der Waals surface area contributed by atoms with Crippen molar-refractivity contribution in [2.45, 2.75) is 25.8 Å². The lowest BCUT2D eigenvalue weighted by Gasteiger charge is -2.24. The Kier molecular flexibility index (Phi) is 4.02. The van der Waals surface area contributed by atoms with Crippen LogP contribution in [-0.4, -0.2) is 37.4 Å². The molecule has 0 amide bonds. The maximum atomic E-state index is 12.3. The van der Waals surface area contributed by atoms with Crippen LogP contribution < -0.4 is 4.74 Å². The van der Waals surface area contributed by atoms with Crippen molar-refractivity contribution in [2.24, 2.45) is 5.92 Å². The molecule has 0 spiro atoms. The van der Waals surface area contributed by atoms with Crippen molar-refractivity contribution < 1.29 is 9.53 Å². The van der Waals surface area contributed by atoms with Crippen LogP contribution in [0.25, 0.3) is 0 Å². The van der Waals surface area contributed by atoms with Gasteiger partial charge in [-0.1, -0.05) is 12.1 Å². The predicted octanol–water partition coefficient (Wildman–Crippen LogP) is 2.61. The highest BCUT2D eigenvalue weighted by Gasteiger charge is 2.31. The van der Waals surface area contributed by atoms with Crippen molar-refractivity contribution in [1.29, 1.82) is 0 Å². The van der Waals surface area contributed by atoms with Crippen LogP contribution in [0.5, 0.6) is 5.75 Å². The van der Waals surface area contributed by atoms with Crippen LogP contribution in [0.1, 0.15) is 30.1 Å². The summed E-state index contributed by atoms with van der Waals surface area (Å²) in [6.07, 6.45) is 2.60. The molecule has 98 valence electrons. The second kappa shape index (κ2) is 5.53. The number of ether oxygens (including phenoxy) is 1. The Morgan fingerprint density at radius 1 is 1.44 bits per heavy atom. The van der Waals surface area contributed by atoms with E-state index in [9.17, 15) is 4.79 Å². The molecule has 18 heavy (non-hydrogen) atoms. The fraction of sp³-hybridized carbons (Fsp3) is 0.533. The minimum atomic E-state index is 0.127. The highest BCUT2D eigenvalue weighted by Crippen LogP contribution is 2.34. The van der Waals surface area contributed by atoms with Gasteiger partial charge >= 0.3 is 0 Å². The number of benzene rings is 1. The van der Waals surface area contributed by atoms with Crippen molar-refractivity contribution in [2.75, 3.05) is 20.7 Å². The number of Topliss-reactive ketones (excluding diaryl/α,β-unsaturated/α-hetero) is 1. The molecule has 0 N–H and O–H groups in total. The first-order valence-electron chi connectivity index (χ1n) is 6.50. The first kappa shape index (κ1) is 13.1. The van der Waals surface area contributed by atoms with Gasteiger partial charge in [-0.15, -0.1) is 0 Å².